The van der Waals surface area contributed by atoms with Crippen molar-refractivity contribution < 1.29 is 38.4 Å². The minimum atomic E-state index is -4.37. The highest BCUT2D eigenvalue weighted by atomic mass is 32.2. The van der Waals surface area contributed by atoms with E-state index < -0.39 is 46.9 Å². The van der Waals surface area contributed by atoms with Crippen LogP contribution in [0.1, 0.15) is 0 Å². The third-order valence-electron chi connectivity index (χ3n) is 4.41. The summed E-state index contributed by atoms with van der Waals surface area (Å²) < 4.78 is 31.8. The van der Waals surface area contributed by atoms with Crippen molar-refractivity contribution in [2.75, 3.05) is 6.54 Å². The van der Waals surface area contributed by atoms with Gasteiger partial charge in [-0.25, -0.2) is 8.42 Å². The van der Waals surface area contributed by atoms with Gasteiger partial charge in [-0.3, -0.25) is 4.79 Å². The lowest BCUT2D eigenvalue weighted by molar-refractivity contribution is -0.161. The molecule has 150 valence electrons. The highest BCUT2D eigenvalue weighted by Gasteiger charge is 2.50. The number of para-hydroxylation sites is 1. The Morgan fingerprint density at radius 2 is 1.50 bits per heavy atom. The van der Waals surface area contributed by atoms with Gasteiger partial charge in [0.25, 0.3) is 0 Å². The Labute approximate surface area is 161 Å². The SMILES string of the molecule is O=C(O)C1C(O)C(O)C(O)CN1S(=O)(=O)c1ccc(Oc2ccccc2)cc1. The van der Waals surface area contributed by atoms with E-state index in [1.165, 1.54) is 24.3 Å². The van der Waals surface area contributed by atoms with Gasteiger partial charge in [-0.1, -0.05) is 18.2 Å². The van der Waals surface area contributed by atoms with Crippen molar-refractivity contribution in [3.05, 3.63) is 54.6 Å². The maximum atomic E-state index is 12.9. The average Bonchev–Trinajstić information content (AvgIpc) is 2.66. The smallest absolute Gasteiger partial charge is 0.324 e. The van der Waals surface area contributed by atoms with Gasteiger partial charge in [-0.15, -0.1) is 0 Å². The van der Waals surface area contributed by atoms with Crippen LogP contribution in [-0.2, 0) is 14.8 Å². The normalized spacial score (nSPS) is 26.0. The Morgan fingerprint density at radius 1 is 0.929 bits per heavy atom. The zero-order valence-electron chi connectivity index (χ0n) is 14.5. The van der Waals surface area contributed by atoms with E-state index in [2.05, 4.69) is 0 Å². The number of nitrogens with zero attached hydrogens (tertiary/aromatic N) is 1. The lowest BCUT2D eigenvalue weighted by Gasteiger charge is -2.40. The molecule has 0 bridgehead atoms. The molecule has 2 aromatic carbocycles. The van der Waals surface area contributed by atoms with Crippen molar-refractivity contribution in [2.24, 2.45) is 0 Å². The van der Waals surface area contributed by atoms with Gasteiger partial charge in [-0.2, -0.15) is 4.31 Å². The number of rotatable bonds is 5. The van der Waals surface area contributed by atoms with Crippen molar-refractivity contribution in [1.82, 2.24) is 4.31 Å². The maximum absolute atomic E-state index is 12.9. The molecule has 1 aliphatic heterocycles. The van der Waals surface area contributed by atoms with Crippen molar-refractivity contribution in [3.63, 3.8) is 0 Å². The van der Waals surface area contributed by atoms with Crippen LogP contribution in [-0.4, -0.2) is 70.0 Å². The third kappa shape index (κ3) is 3.86. The molecule has 0 saturated carbocycles. The first kappa shape index (κ1) is 20.2. The summed E-state index contributed by atoms with van der Waals surface area (Å²) in [5.41, 5.74) is 0. The second kappa shape index (κ2) is 7.86. The predicted molar refractivity (Wildman–Crippen MR) is 96.3 cm³/mol. The fraction of sp³-hybridized carbons (Fsp3) is 0.278. The molecule has 0 radical (unpaired) electrons. The van der Waals surface area contributed by atoms with Gasteiger partial charge in [-0.05, 0) is 36.4 Å². The number of carboxylic acids is 1. The van der Waals surface area contributed by atoms with E-state index in [1.54, 1.807) is 24.3 Å². The van der Waals surface area contributed by atoms with E-state index in [4.69, 9.17) is 4.74 Å². The lowest BCUT2D eigenvalue weighted by Crippen LogP contribution is -2.65. The zero-order valence-corrected chi connectivity index (χ0v) is 15.3. The van der Waals surface area contributed by atoms with Crippen molar-refractivity contribution >= 4 is 16.0 Å². The largest absolute Gasteiger partial charge is 0.480 e. The summed E-state index contributed by atoms with van der Waals surface area (Å²) in [4.78, 5) is 11.2. The number of carbonyl (C=O) groups is 1. The van der Waals surface area contributed by atoms with Crippen LogP contribution in [0.25, 0.3) is 0 Å². The molecule has 0 amide bonds. The molecule has 9 nitrogen and oxygen atoms in total. The van der Waals surface area contributed by atoms with Crippen LogP contribution in [0.5, 0.6) is 11.5 Å². The molecule has 2 aromatic rings. The summed E-state index contributed by atoms with van der Waals surface area (Å²) in [6, 6.07) is 12.2. The summed E-state index contributed by atoms with van der Waals surface area (Å²) in [5, 5.41) is 38.8. The van der Waals surface area contributed by atoms with Gasteiger partial charge >= 0.3 is 5.97 Å². The minimum absolute atomic E-state index is 0.241. The number of aliphatic hydroxyl groups excluding tert-OH is 3. The number of hydrogen-bond donors (Lipinski definition) is 4. The molecule has 10 heteroatoms. The molecule has 28 heavy (non-hydrogen) atoms. The van der Waals surface area contributed by atoms with Crippen molar-refractivity contribution in [2.45, 2.75) is 29.2 Å². The standard InChI is InChI=1S/C18H19NO8S/c20-14-10-19(15(18(23)24)17(22)16(14)21)28(25,26)13-8-6-12(7-9-13)27-11-4-2-1-3-5-11/h1-9,14-17,20-22H,10H2,(H,23,24). The first-order chi connectivity index (χ1) is 13.2. The number of ether oxygens (including phenoxy) is 1. The Kier molecular flexibility index (Phi) is 5.68. The molecule has 1 heterocycles. The molecule has 4 N–H and O–H groups in total. The quantitative estimate of drug-likeness (QED) is 0.541. The van der Waals surface area contributed by atoms with E-state index in [1.807, 2.05) is 6.07 Å². The highest BCUT2D eigenvalue weighted by Crippen LogP contribution is 2.28. The van der Waals surface area contributed by atoms with Crippen LogP contribution < -0.4 is 4.74 Å². The van der Waals surface area contributed by atoms with Crippen LogP contribution in [0, 0.1) is 0 Å². The highest BCUT2D eigenvalue weighted by molar-refractivity contribution is 7.89. The van der Waals surface area contributed by atoms with E-state index in [0.717, 1.165) is 0 Å². The number of hydrogen-bond acceptors (Lipinski definition) is 7. The summed E-state index contributed by atoms with van der Waals surface area (Å²) in [7, 11) is -4.37. The molecule has 0 aromatic heterocycles. The van der Waals surface area contributed by atoms with E-state index in [-0.39, 0.29) is 4.90 Å². The predicted octanol–water partition coefficient (Wildman–Crippen LogP) is 0.0191. The van der Waals surface area contributed by atoms with E-state index >= 15 is 0 Å². The van der Waals surface area contributed by atoms with E-state index in [0.29, 0.717) is 15.8 Å². The number of carboxylic acid groups (broad SMARTS) is 1. The summed E-state index contributed by atoms with van der Waals surface area (Å²) in [6.07, 6.45) is -5.37. The molecule has 1 aliphatic rings. The van der Waals surface area contributed by atoms with Gasteiger partial charge in [0.2, 0.25) is 10.0 Å². The van der Waals surface area contributed by atoms with Crippen LogP contribution in [0.2, 0.25) is 0 Å². The first-order valence-electron chi connectivity index (χ1n) is 8.33. The topological polar surface area (TPSA) is 145 Å². The third-order valence-corrected chi connectivity index (χ3v) is 6.27. The number of aliphatic carboxylic acids is 1. The van der Waals surface area contributed by atoms with Gasteiger partial charge in [0.15, 0.2) is 6.04 Å². The summed E-state index contributed by atoms with van der Waals surface area (Å²) >= 11 is 0. The van der Waals surface area contributed by atoms with Crippen LogP contribution in [0.4, 0.5) is 0 Å². The molecule has 1 fully saturated rings. The zero-order chi connectivity index (χ0) is 20.5. The molecule has 0 aliphatic carbocycles. The fourth-order valence-corrected chi connectivity index (χ4v) is 4.56. The number of sulfonamides is 1. The summed E-state index contributed by atoms with van der Waals surface area (Å²) in [6.45, 7) is -0.667. The number of aliphatic hydroxyl groups is 3. The lowest BCUT2D eigenvalue weighted by atomic mass is 9.96. The summed E-state index contributed by atoms with van der Waals surface area (Å²) in [5.74, 6) is -0.708. The molecular weight excluding hydrogens is 390 g/mol. The molecule has 0 spiro atoms. The second-order valence-corrected chi connectivity index (χ2v) is 8.18. The molecule has 3 rings (SSSR count). The molecular formula is C18H19NO8S. The van der Waals surface area contributed by atoms with Crippen LogP contribution in [0.3, 0.4) is 0 Å². The Bertz CT molecular complexity index is 932. The van der Waals surface area contributed by atoms with Gasteiger partial charge in [0.05, 0.1) is 11.0 Å². The molecule has 1 saturated heterocycles. The van der Waals surface area contributed by atoms with Gasteiger partial charge in [0, 0.05) is 6.54 Å². The average molecular weight is 409 g/mol. The van der Waals surface area contributed by atoms with Gasteiger partial charge < -0.3 is 25.2 Å². The monoisotopic (exact) mass is 409 g/mol. The molecule has 4 unspecified atom stereocenters. The van der Waals surface area contributed by atoms with Crippen molar-refractivity contribution in [3.8, 4) is 11.5 Å². The number of piperidine rings is 1. The number of β-amino-alcohol motifs (C(OH)–C–C–N with tert-alkyl or cyclic N) is 1. The second-order valence-electron chi connectivity index (χ2n) is 6.29. The minimum Gasteiger partial charge on any atom is -0.480 e. The van der Waals surface area contributed by atoms with E-state index in [9.17, 15) is 33.6 Å². The Balaban J connectivity index is 1.87. The maximum Gasteiger partial charge on any atom is 0.324 e. The van der Waals surface area contributed by atoms with Crippen LogP contribution >= 0.6 is 0 Å². The first-order valence-corrected chi connectivity index (χ1v) is 9.77. The van der Waals surface area contributed by atoms with Crippen molar-refractivity contribution in [1.29, 1.82) is 0 Å². The number of benzene rings is 2. The fourth-order valence-electron chi connectivity index (χ4n) is 2.95. The van der Waals surface area contributed by atoms with Gasteiger partial charge in [0.1, 0.15) is 23.7 Å². The Hall–Kier alpha value is -2.50. The molecule has 4 atom stereocenters. The van der Waals surface area contributed by atoms with Crippen LogP contribution in [0.15, 0.2) is 59.5 Å². The Morgan fingerprint density at radius 3 is 2.07 bits per heavy atom.